The van der Waals surface area contributed by atoms with E-state index >= 15 is 0 Å². The maximum absolute atomic E-state index is 11.9. The second-order valence-corrected chi connectivity index (χ2v) is 4.91. The Morgan fingerprint density at radius 1 is 1.62 bits per heavy atom. The number of thioether (sulfide) groups is 1. The summed E-state index contributed by atoms with van der Waals surface area (Å²) in [5.74, 6) is 0.859. The van der Waals surface area contributed by atoms with Crippen LogP contribution in [0.5, 0.6) is 0 Å². The minimum absolute atomic E-state index is 0.266. The normalized spacial score (nSPS) is 20.3. The Labute approximate surface area is 100.0 Å². The summed E-state index contributed by atoms with van der Waals surface area (Å²) in [7, 11) is 0. The average Bonchev–Trinajstić information content (AvgIpc) is 2.90. The fraction of sp³-hybridized carbons (Fsp3) is 0.636. The molecule has 1 atom stereocenters. The third-order valence-electron chi connectivity index (χ3n) is 2.92. The van der Waals surface area contributed by atoms with Gasteiger partial charge in [0.25, 0.3) is 0 Å². The number of hydrogen-bond donors (Lipinski definition) is 0. The van der Waals surface area contributed by atoms with Gasteiger partial charge in [-0.05, 0) is 25.2 Å². The highest BCUT2D eigenvalue weighted by atomic mass is 32.2. The molecule has 1 saturated heterocycles. The van der Waals surface area contributed by atoms with Crippen LogP contribution in [0.3, 0.4) is 0 Å². The molecule has 1 aromatic rings. The predicted molar refractivity (Wildman–Crippen MR) is 65.3 cm³/mol. The predicted octanol–water partition coefficient (Wildman–Crippen LogP) is 1.24. The van der Waals surface area contributed by atoms with Gasteiger partial charge in [0.15, 0.2) is 0 Å². The number of hydrogen-bond acceptors (Lipinski definition) is 3. The van der Waals surface area contributed by atoms with Crippen LogP contribution >= 0.6 is 11.8 Å². The zero-order chi connectivity index (χ0) is 11.4. The third-order valence-corrected chi connectivity index (χ3v) is 3.46. The molecule has 2 rings (SSSR count). The monoisotopic (exact) mass is 239 g/mol. The summed E-state index contributed by atoms with van der Waals surface area (Å²) >= 11 is 1.59. The molecule has 1 amide bonds. The quantitative estimate of drug-likeness (QED) is 0.793. The van der Waals surface area contributed by atoms with Crippen LogP contribution in [0, 0.1) is 0 Å². The van der Waals surface area contributed by atoms with Crippen molar-refractivity contribution in [3.8, 4) is 0 Å². The van der Waals surface area contributed by atoms with Crippen LogP contribution in [-0.2, 0) is 11.3 Å². The van der Waals surface area contributed by atoms with Gasteiger partial charge in [0.2, 0.25) is 5.91 Å². The van der Waals surface area contributed by atoms with Gasteiger partial charge in [0.1, 0.15) is 0 Å². The number of amides is 1. The van der Waals surface area contributed by atoms with E-state index in [4.69, 9.17) is 0 Å². The van der Waals surface area contributed by atoms with Gasteiger partial charge < -0.3 is 4.90 Å². The fourth-order valence-electron chi connectivity index (χ4n) is 2.18. The molecular weight excluding hydrogens is 222 g/mol. The van der Waals surface area contributed by atoms with Crippen LogP contribution in [0.2, 0.25) is 0 Å². The third kappa shape index (κ3) is 2.58. The lowest BCUT2D eigenvalue weighted by molar-refractivity contribution is -0.129. The first-order chi connectivity index (χ1) is 7.81. The Hall–Kier alpha value is -0.970. The number of likely N-dealkylation sites (tertiary alicyclic amines) is 1. The van der Waals surface area contributed by atoms with Crippen molar-refractivity contribution in [2.75, 3.05) is 18.6 Å². The largest absolute Gasteiger partial charge is 0.337 e. The minimum atomic E-state index is 0.266. The maximum Gasteiger partial charge on any atom is 0.232 e. The van der Waals surface area contributed by atoms with Crippen molar-refractivity contribution in [1.82, 2.24) is 14.7 Å². The van der Waals surface area contributed by atoms with Crippen molar-refractivity contribution in [3.05, 3.63) is 18.5 Å². The molecule has 0 bridgehead atoms. The smallest absolute Gasteiger partial charge is 0.232 e. The molecule has 1 aromatic heterocycles. The molecule has 4 nitrogen and oxygen atoms in total. The van der Waals surface area contributed by atoms with Crippen molar-refractivity contribution in [2.45, 2.75) is 25.4 Å². The van der Waals surface area contributed by atoms with Gasteiger partial charge in [-0.25, -0.2) is 0 Å². The Kier molecular flexibility index (Phi) is 3.88. The highest BCUT2D eigenvalue weighted by molar-refractivity contribution is 7.99. The highest BCUT2D eigenvalue weighted by Crippen LogP contribution is 2.19. The van der Waals surface area contributed by atoms with Gasteiger partial charge in [-0.1, -0.05) is 0 Å². The van der Waals surface area contributed by atoms with E-state index in [1.807, 2.05) is 28.1 Å². The second kappa shape index (κ2) is 5.39. The van der Waals surface area contributed by atoms with E-state index < -0.39 is 0 Å². The second-order valence-electron chi connectivity index (χ2n) is 4.04. The highest BCUT2D eigenvalue weighted by Gasteiger charge is 2.28. The Morgan fingerprint density at radius 3 is 3.19 bits per heavy atom. The zero-order valence-corrected chi connectivity index (χ0v) is 10.3. The van der Waals surface area contributed by atoms with Gasteiger partial charge in [0.05, 0.1) is 18.3 Å². The summed E-state index contributed by atoms with van der Waals surface area (Å²) in [4.78, 5) is 13.9. The molecule has 0 aromatic carbocycles. The van der Waals surface area contributed by atoms with Crippen molar-refractivity contribution >= 4 is 17.7 Å². The molecule has 1 aliphatic heterocycles. The molecule has 16 heavy (non-hydrogen) atoms. The van der Waals surface area contributed by atoms with Gasteiger partial charge in [-0.3, -0.25) is 9.48 Å². The van der Waals surface area contributed by atoms with Crippen LogP contribution < -0.4 is 0 Å². The number of carbonyl (C=O) groups is 1. The van der Waals surface area contributed by atoms with Crippen molar-refractivity contribution < 1.29 is 4.79 Å². The lowest BCUT2D eigenvalue weighted by atomic mass is 10.2. The molecular formula is C11H17N3OS. The van der Waals surface area contributed by atoms with Crippen LogP contribution in [0.4, 0.5) is 0 Å². The minimum Gasteiger partial charge on any atom is -0.337 e. The summed E-state index contributed by atoms with van der Waals surface area (Å²) in [6.07, 6.45) is 7.92. The van der Waals surface area contributed by atoms with Crippen LogP contribution in [0.15, 0.2) is 18.5 Å². The molecule has 0 radical (unpaired) electrons. The molecule has 88 valence electrons. The summed E-state index contributed by atoms with van der Waals surface area (Å²) in [5.41, 5.74) is 0. The van der Waals surface area contributed by atoms with E-state index in [0.29, 0.717) is 11.8 Å². The summed E-state index contributed by atoms with van der Waals surface area (Å²) in [6, 6.07) is 2.25. The van der Waals surface area contributed by atoms with Crippen LogP contribution in [-0.4, -0.2) is 45.2 Å². The van der Waals surface area contributed by atoms with E-state index in [0.717, 1.165) is 25.9 Å². The van der Waals surface area contributed by atoms with E-state index in [1.54, 1.807) is 18.0 Å². The van der Waals surface area contributed by atoms with Gasteiger partial charge in [-0.2, -0.15) is 16.9 Å². The standard InChI is InChI=1S/C11H17N3OS/c1-16-9-11(15)14-7-2-4-10(14)8-13-6-3-5-12-13/h3,5-6,10H,2,4,7-9H2,1H3/t10-/m0/s1. The van der Waals surface area contributed by atoms with Gasteiger partial charge >= 0.3 is 0 Å². The van der Waals surface area contributed by atoms with Crippen molar-refractivity contribution in [2.24, 2.45) is 0 Å². The summed E-state index contributed by atoms with van der Waals surface area (Å²) < 4.78 is 1.91. The molecule has 0 spiro atoms. The van der Waals surface area contributed by atoms with Crippen LogP contribution in [0.25, 0.3) is 0 Å². The first-order valence-electron chi connectivity index (χ1n) is 5.57. The molecule has 0 saturated carbocycles. The number of aromatic nitrogens is 2. The molecule has 1 aliphatic rings. The summed E-state index contributed by atoms with van der Waals surface area (Å²) in [6.45, 7) is 1.73. The van der Waals surface area contributed by atoms with E-state index in [-0.39, 0.29) is 5.91 Å². The Bertz CT molecular complexity index is 339. The molecule has 2 heterocycles. The molecule has 5 heteroatoms. The van der Waals surface area contributed by atoms with E-state index in [9.17, 15) is 4.79 Å². The Morgan fingerprint density at radius 2 is 2.50 bits per heavy atom. The molecule has 1 fully saturated rings. The lowest BCUT2D eigenvalue weighted by Gasteiger charge is -2.24. The average molecular weight is 239 g/mol. The first kappa shape index (κ1) is 11.5. The van der Waals surface area contributed by atoms with Gasteiger partial charge in [-0.15, -0.1) is 0 Å². The van der Waals surface area contributed by atoms with E-state index in [1.165, 1.54) is 0 Å². The zero-order valence-electron chi connectivity index (χ0n) is 9.50. The number of nitrogens with zero attached hydrogens (tertiary/aromatic N) is 3. The fourth-order valence-corrected chi connectivity index (χ4v) is 2.60. The number of carbonyl (C=O) groups excluding carboxylic acids is 1. The lowest BCUT2D eigenvalue weighted by Crippen LogP contribution is -2.39. The summed E-state index contributed by atoms with van der Waals surface area (Å²) in [5, 5.41) is 4.19. The van der Waals surface area contributed by atoms with E-state index in [2.05, 4.69) is 5.10 Å². The first-order valence-corrected chi connectivity index (χ1v) is 6.96. The molecule has 0 N–H and O–H groups in total. The SMILES string of the molecule is CSCC(=O)N1CCC[C@H]1Cn1cccn1. The number of rotatable bonds is 4. The van der Waals surface area contributed by atoms with Gasteiger partial charge in [0, 0.05) is 18.9 Å². The van der Waals surface area contributed by atoms with Crippen LogP contribution in [0.1, 0.15) is 12.8 Å². The van der Waals surface area contributed by atoms with Crippen molar-refractivity contribution in [3.63, 3.8) is 0 Å². The maximum atomic E-state index is 11.9. The van der Waals surface area contributed by atoms with Crippen molar-refractivity contribution in [1.29, 1.82) is 0 Å². The Balaban J connectivity index is 1.95. The topological polar surface area (TPSA) is 38.1 Å². The molecule has 0 aliphatic carbocycles. The molecule has 0 unspecified atom stereocenters.